The average Bonchev–Trinajstić information content (AvgIpc) is 3.48. The van der Waals surface area contributed by atoms with E-state index in [0.29, 0.717) is 22.5 Å². The molecule has 2 aromatic carbocycles. The summed E-state index contributed by atoms with van der Waals surface area (Å²) >= 11 is 9.46. The zero-order valence-corrected chi connectivity index (χ0v) is 19.7. The van der Waals surface area contributed by atoms with Crippen molar-refractivity contribution in [2.75, 3.05) is 19.4 Å². The van der Waals surface area contributed by atoms with Crippen LogP contribution in [0.4, 0.5) is 0 Å². The molecule has 0 saturated carbocycles. The predicted octanol–water partition coefficient (Wildman–Crippen LogP) is 5.11. The maximum Gasteiger partial charge on any atom is 0.230 e. The van der Waals surface area contributed by atoms with E-state index in [0.717, 1.165) is 23.4 Å². The van der Waals surface area contributed by atoms with Crippen LogP contribution in [0.5, 0.6) is 5.75 Å². The number of carbonyl (C=O) groups excluding carboxylic acids is 1. The van der Waals surface area contributed by atoms with Crippen molar-refractivity contribution in [2.45, 2.75) is 11.6 Å². The van der Waals surface area contributed by atoms with E-state index >= 15 is 0 Å². The number of nitrogens with one attached hydrogen (secondary N) is 1. The first kappa shape index (κ1) is 22.4. The highest BCUT2D eigenvalue weighted by Gasteiger charge is 2.19. The van der Waals surface area contributed by atoms with Gasteiger partial charge in [0.05, 0.1) is 17.9 Å². The number of aromatic nitrogens is 3. The number of hydrogen-bond donors (Lipinski definition) is 1. The van der Waals surface area contributed by atoms with Crippen molar-refractivity contribution in [3.05, 3.63) is 75.9 Å². The summed E-state index contributed by atoms with van der Waals surface area (Å²) in [6.45, 7) is 0.607. The lowest BCUT2D eigenvalue weighted by Crippen LogP contribution is -2.27. The van der Waals surface area contributed by atoms with Gasteiger partial charge in [0.25, 0.3) is 0 Å². The lowest BCUT2D eigenvalue weighted by molar-refractivity contribution is -0.118. The molecule has 164 valence electrons. The van der Waals surface area contributed by atoms with Crippen LogP contribution >= 0.6 is 34.7 Å². The molecule has 0 radical (unpaired) electrons. The lowest BCUT2D eigenvalue weighted by Gasteiger charge is -2.12. The Morgan fingerprint density at radius 1 is 1.12 bits per heavy atom. The number of carbonyl (C=O) groups is 1. The van der Waals surface area contributed by atoms with Gasteiger partial charge in [-0.3, -0.25) is 9.36 Å². The molecule has 2 aromatic heterocycles. The molecule has 0 aliphatic heterocycles. The van der Waals surface area contributed by atoms with Gasteiger partial charge >= 0.3 is 0 Å². The second kappa shape index (κ2) is 10.7. The summed E-state index contributed by atoms with van der Waals surface area (Å²) in [6.07, 6.45) is 0.826. The quantitative estimate of drug-likeness (QED) is 0.334. The molecule has 0 saturated heterocycles. The van der Waals surface area contributed by atoms with Crippen LogP contribution in [0.15, 0.2) is 71.2 Å². The maximum absolute atomic E-state index is 12.4. The fraction of sp³-hybridized carbons (Fsp3) is 0.174. The third-order valence-corrected chi connectivity index (χ3v) is 6.88. The van der Waals surface area contributed by atoms with E-state index in [9.17, 15) is 4.79 Å². The van der Waals surface area contributed by atoms with Gasteiger partial charge in [-0.1, -0.05) is 41.6 Å². The smallest absolute Gasteiger partial charge is 0.230 e. The number of methoxy groups -OCH3 is 1. The monoisotopic (exact) mass is 484 g/mol. The van der Waals surface area contributed by atoms with Crippen molar-refractivity contribution >= 4 is 40.6 Å². The average molecular weight is 485 g/mol. The Labute approximate surface area is 199 Å². The second-order valence-corrected chi connectivity index (χ2v) is 9.17. The summed E-state index contributed by atoms with van der Waals surface area (Å²) in [4.78, 5) is 13.6. The van der Waals surface area contributed by atoms with Gasteiger partial charge in [0.2, 0.25) is 5.91 Å². The van der Waals surface area contributed by atoms with E-state index in [-0.39, 0.29) is 11.7 Å². The largest absolute Gasteiger partial charge is 0.497 e. The van der Waals surface area contributed by atoms with Crippen LogP contribution in [0.3, 0.4) is 0 Å². The number of thiophene rings is 1. The first-order valence-corrected chi connectivity index (χ1v) is 12.2. The summed E-state index contributed by atoms with van der Waals surface area (Å²) in [5.41, 5.74) is 1.62. The molecule has 0 unspecified atom stereocenters. The molecule has 32 heavy (non-hydrogen) atoms. The molecule has 0 aliphatic rings. The minimum absolute atomic E-state index is 0.0462. The molecule has 0 atom stereocenters. The zero-order valence-electron chi connectivity index (χ0n) is 17.3. The summed E-state index contributed by atoms with van der Waals surface area (Å²) in [5.74, 6) is 1.55. The normalized spacial score (nSPS) is 10.8. The van der Waals surface area contributed by atoms with Gasteiger partial charge < -0.3 is 10.1 Å². The molecule has 1 N–H and O–H groups in total. The minimum Gasteiger partial charge on any atom is -0.497 e. The van der Waals surface area contributed by atoms with Crippen LogP contribution < -0.4 is 10.1 Å². The molecular formula is C23H21ClN4O2S2. The van der Waals surface area contributed by atoms with Crippen molar-refractivity contribution in [1.29, 1.82) is 0 Å². The van der Waals surface area contributed by atoms with E-state index in [1.807, 2.05) is 64.5 Å². The highest BCUT2D eigenvalue weighted by Crippen LogP contribution is 2.32. The summed E-state index contributed by atoms with van der Waals surface area (Å²) in [7, 11) is 1.63. The minimum atomic E-state index is -0.0462. The van der Waals surface area contributed by atoms with Crippen molar-refractivity contribution in [3.8, 4) is 22.8 Å². The fourth-order valence-electron chi connectivity index (χ4n) is 3.11. The highest BCUT2D eigenvalue weighted by molar-refractivity contribution is 7.99. The number of thioether (sulfide) groups is 1. The predicted molar refractivity (Wildman–Crippen MR) is 130 cm³/mol. The molecule has 2 heterocycles. The Hall–Kier alpha value is -2.81. The van der Waals surface area contributed by atoms with Crippen LogP contribution in [0, 0.1) is 0 Å². The van der Waals surface area contributed by atoms with Crippen LogP contribution in [0.2, 0.25) is 5.02 Å². The second-order valence-electron chi connectivity index (χ2n) is 6.79. The molecule has 1 amide bonds. The number of benzene rings is 2. The van der Waals surface area contributed by atoms with Gasteiger partial charge in [-0.05, 0) is 54.3 Å². The molecule has 6 nitrogen and oxygen atoms in total. The number of hydrogen-bond acceptors (Lipinski definition) is 6. The van der Waals surface area contributed by atoms with Gasteiger partial charge in [-0.2, -0.15) is 0 Å². The molecule has 0 bridgehead atoms. The Bertz CT molecular complexity index is 1180. The first-order chi connectivity index (χ1) is 15.7. The van der Waals surface area contributed by atoms with Gasteiger partial charge in [-0.25, -0.2) is 0 Å². The number of rotatable bonds is 9. The Balaban J connectivity index is 1.53. The third kappa shape index (κ3) is 5.32. The summed E-state index contributed by atoms with van der Waals surface area (Å²) in [5, 5.41) is 14.9. The van der Waals surface area contributed by atoms with Crippen molar-refractivity contribution < 1.29 is 9.53 Å². The van der Waals surface area contributed by atoms with Crippen molar-refractivity contribution in [2.24, 2.45) is 0 Å². The summed E-state index contributed by atoms with van der Waals surface area (Å²) in [6, 6.07) is 19.2. The number of amides is 1. The number of nitrogens with zero attached hydrogens (tertiary/aromatic N) is 3. The molecule has 0 spiro atoms. The number of halogens is 1. The van der Waals surface area contributed by atoms with Gasteiger partial charge in [0, 0.05) is 22.7 Å². The van der Waals surface area contributed by atoms with Gasteiger partial charge in [0.1, 0.15) is 5.75 Å². The molecule has 9 heteroatoms. The van der Waals surface area contributed by atoms with E-state index in [1.165, 1.54) is 16.6 Å². The first-order valence-electron chi connectivity index (χ1n) is 9.92. The third-order valence-electron chi connectivity index (χ3n) is 4.68. The fourth-order valence-corrected chi connectivity index (χ4v) is 4.82. The maximum atomic E-state index is 12.4. The summed E-state index contributed by atoms with van der Waals surface area (Å²) < 4.78 is 7.18. The topological polar surface area (TPSA) is 69.0 Å². The van der Waals surface area contributed by atoms with Crippen molar-refractivity contribution in [1.82, 2.24) is 20.1 Å². The van der Waals surface area contributed by atoms with Crippen LogP contribution in [0.25, 0.3) is 17.1 Å². The molecular weight excluding hydrogens is 464 g/mol. The van der Waals surface area contributed by atoms with E-state index in [1.54, 1.807) is 18.4 Å². The van der Waals surface area contributed by atoms with E-state index < -0.39 is 0 Å². The molecule has 4 rings (SSSR count). The highest BCUT2D eigenvalue weighted by atomic mass is 35.5. The Morgan fingerprint density at radius 3 is 2.66 bits per heavy atom. The zero-order chi connectivity index (χ0) is 22.3. The molecule has 0 aliphatic carbocycles. The van der Waals surface area contributed by atoms with Crippen LogP contribution in [-0.4, -0.2) is 40.1 Å². The lowest BCUT2D eigenvalue weighted by atomic mass is 10.2. The van der Waals surface area contributed by atoms with Gasteiger partial charge in [-0.15, -0.1) is 21.5 Å². The molecule has 4 aromatic rings. The number of ether oxygens (including phenoxy) is 1. The Kier molecular flexibility index (Phi) is 7.47. The molecule has 0 fully saturated rings. The Morgan fingerprint density at radius 2 is 1.94 bits per heavy atom. The van der Waals surface area contributed by atoms with E-state index in [2.05, 4.69) is 21.6 Å². The van der Waals surface area contributed by atoms with Crippen LogP contribution in [-0.2, 0) is 11.2 Å². The van der Waals surface area contributed by atoms with Crippen LogP contribution in [0.1, 0.15) is 4.88 Å². The van der Waals surface area contributed by atoms with E-state index in [4.69, 9.17) is 16.3 Å². The SMILES string of the molecule is COc1ccc(-n2c(SCC(=O)NCCc3cccs3)nnc2-c2ccccc2Cl)cc1. The van der Waals surface area contributed by atoms with Crippen molar-refractivity contribution in [3.63, 3.8) is 0 Å². The van der Waals surface area contributed by atoms with Gasteiger partial charge in [0.15, 0.2) is 11.0 Å². The standard InChI is InChI=1S/C23H21ClN4O2S2/c1-30-17-10-8-16(9-11-17)28-22(19-6-2-3-7-20(19)24)26-27-23(28)32-15-21(29)25-13-12-18-5-4-14-31-18/h2-11,14H,12-13,15H2,1H3,(H,25,29).